The number of halogens is 1. The summed E-state index contributed by atoms with van der Waals surface area (Å²) in [5, 5.41) is 7.91. The summed E-state index contributed by atoms with van der Waals surface area (Å²) in [6, 6.07) is 20.7. The molecule has 2 aromatic carbocycles. The highest BCUT2D eigenvalue weighted by atomic mass is 127. The fourth-order valence-corrected chi connectivity index (χ4v) is 3.35. The minimum absolute atomic E-state index is 0. The van der Waals surface area contributed by atoms with Gasteiger partial charge in [-0.25, -0.2) is 0 Å². The molecular formula is C20H23IN4S. The van der Waals surface area contributed by atoms with E-state index in [1.807, 2.05) is 48.3 Å². The number of hydrogen-bond acceptors (Lipinski definition) is 3. The molecule has 0 saturated carbocycles. The Hall–Kier alpha value is -1.80. The van der Waals surface area contributed by atoms with Gasteiger partial charge >= 0.3 is 0 Å². The number of aromatic nitrogens is 1. The van der Waals surface area contributed by atoms with Crippen molar-refractivity contribution in [2.75, 3.05) is 19.3 Å². The van der Waals surface area contributed by atoms with Gasteiger partial charge in [-0.15, -0.1) is 35.7 Å². The van der Waals surface area contributed by atoms with Crippen LogP contribution in [0.15, 0.2) is 76.7 Å². The Balaban J connectivity index is 0.00000243. The molecule has 1 aromatic heterocycles. The van der Waals surface area contributed by atoms with E-state index >= 15 is 0 Å². The molecule has 0 spiro atoms. The molecule has 0 amide bonds. The maximum absolute atomic E-state index is 4.40. The van der Waals surface area contributed by atoms with Gasteiger partial charge in [-0.2, -0.15) is 0 Å². The van der Waals surface area contributed by atoms with Crippen LogP contribution < -0.4 is 10.6 Å². The van der Waals surface area contributed by atoms with Gasteiger partial charge < -0.3 is 10.6 Å². The van der Waals surface area contributed by atoms with Crippen molar-refractivity contribution in [3.63, 3.8) is 0 Å². The van der Waals surface area contributed by atoms with Crippen LogP contribution in [0.2, 0.25) is 0 Å². The first-order valence-electron chi connectivity index (χ1n) is 8.32. The second kappa shape index (κ2) is 11.0. The third-order valence-corrected chi connectivity index (χ3v) is 4.83. The van der Waals surface area contributed by atoms with Crippen molar-refractivity contribution in [1.29, 1.82) is 0 Å². The summed E-state index contributed by atoms with van der Waals surface area (Å²) in [6.45, 7) is 1.57. The first-order valence-corrected chi connectivity index (χ1v) is 9.30. The van der Waals surface area contributed by atoms with Crippen molar-refractivity contribution in [2.45, 2.75) is 11.4 Å². The number of rotatable bonds is 6. The fourth-order valence-electron chi connectivity index (χ4n) is 2.56. The Kier molecular flexibility index (Phi) is 8.70. The normalized spacial score (nSPS) is 11.0. The van der Waals surface area contributed by atoms with Crippen molar-refractivity contribution in [2.24, 2.45) is 4.99 Å². The van der Waals surface area contributed by atoms with Crippen molar-refractivity contribution >= 4 is 52.6 Å². The molecule has 0 aliphatic rings. The van der Waals surface area contributed by atoms with Crippen molar-refractivity contribution in [1.82, 2.24) is 15.6 Å². The molecular weight excluding hydrogens is 455 g/mol. The van der Waals surface area contributed by atoms with Gasteiger partial charge in [-0.1, -0.05) is 36.4 Å². The van der Waals surface area contributed by atoms with Crippen LogP contribution in [-0.2, 0) is 6.54 Å². The predicted molar refractivity (Wildman–Crippen MR) is 123 cm³/mol. The summed E-state index contributed by atoms with van der Waals surface area (Å²) in [7, 11) is 1.80. The van der Waals surface area contributed by atoms with Gasteiger partial charge in [-0.05, 0) is 29.8 Å². The predicted octanol–water partition coefficient (Wildman–Crippen LogP) is 4.31. The Morgan fingerprint density at radius 3 is 2.58 bits per heavy atom. The van der Waals surface area contributed by atoms with Gasteiger partial charge in [0, 0.05) is 42.4 Å². The van der Waals surface area contributed by atoms with Gasteiger partial charge in [0.1, 0.15) is 0 Å². The first kappa shape index (κ1) is 20.5. The molecule has 0 aliphatic carbocycles. The molecule has 0 unspecified atom stereocenters. The maximum Gasteiger partial charge on any atom is 0.191 e. The van der Waals surface area contributed by atoms with Crippen LogP contribution in [0.3, 0.4) is 0 Å². The number of thioether (sulfide) groups is 1. The largest absolute Gasteiger partial charge is 0.356 e. The second-order valence-electron chi connectivity index (χ2n) is 5.50. The van der Waals surface area contributed by atoms with E-state index in [0.29, 0.717) is 6.54 Å². The summed E-state index contributed by atoms with van der Waals surface area (Å²) in [6.07, 6.45) is 1.85. The molecule has 1 heterocycles. The minimum Gasteiger partial charge on any atom is -0.356 e. The van der Waals surface area contributed by atoms with Gasteiger partial charge in [-0.3, -0.25) is 9.98 Å². The van der Waals surface area contributed by atoms with Crippen molar-refractivity contribution in [3.05, 3.63) is 72.4 Å². The Labute approximate surface area is 175 Å². The van der Waals surface area contributed by atoms with Crippen LogP contribution in [0.5, 0.6) is 0 Å². The van der Waals surface area contributed by atoms with Crippen LogP contribution >= 0.6 is 35.7 Å². The Bertz CT molecular complexity index is 834. The van der Waals surface area contributed by atoms with Gasteiger partial charge in [0.25, 0.3) is 0 Å². The van der Waals surface area contributed by atoms with E-state index in [1.165, 1.54) is 15.8 Å². The second-order valence-corrected chi connectivity index (χ2v) is 6.67. The molecule has 136 valence electrons. The standard InChI is InChI=1S/C20H22N4S.HI/c1-21-20(23-13-14-25-17-7-3-2-4-8-17)24-15-16-11-12-22-19-10-6-5-9-18(16)19;/h2-12H,13-15H2,1H3,(H2,21,23,24);1H. The van der Waals surface area contributed by atoms with Crippen LogP contribution in [0.1, 0.15) is 5.56 Å². The molecule has 3 rings (SSSR count). The van der Waals surface area contributed by atoms with E-state index in [4.69, 9.17) is 0 Å². The zero-order chi connectivity index (χ0) is 17.3. The van der Waals surface area contributed by atoms with E-state index in [-0.39, 0.29) is 24.0 Å². The number of fused-ring (bicyclic) bond motifs is 1. The van der Waals surface area contributed by atoms with Crippen molar-refractivity contribution < 1.29 is 0 Å². The molecule has 3 aromatic rings. The quantitative estimate of drug-likeness (QED) is 0.182. The molecule has 6 heteroatoms. The number of nitrogens with one attached hydrogen (secondary N) is 2. The van der Waals surface area contributed by atoms with E-state index in [9.17, 15) is 0 Å². The Morgan fingerprint density at radius 2 is 1.77 bits per heavy atom. The fraction of sp³-hybridized carbons (Fsp3) is 0.200. The summed E-state index contributed by atoms with van der Waals surface area (Å²) >= 11 is 1.84. The summed E-state index contributed by atoms with van der Waals surface area (Å²) in [5.74, 6) is 1.80. The lowest BCUT2D eigenvalue weighted by Crippen LogP contribution is -2.38. The molecule has 0 atom stereocenters. The summed E-state index contributed by atoms with van der Waals surface area (Å²) < 4.78 is 0. The first-order chi connectivity index (χ1) is 12.4. The highest BCUT2D eigenvalue weighted by molar-refractivity contribution is 14.0. The molecule has 4 nitrogen and oxygen atoms in total. The zero-order valence-electron chi connectivity index (χ0n) is 14.7. The van der Waals surface area contributed by atoms with E-state index in [0.717, 1.165) is 23.8 Å². The number of nitrogens with zero attached hydrogens (tertiary/aromatic N) is 2. The number of para-hydroxylation sites is 1. The summed E-state index contributed by atoms with van der Waals surface area (Å²) in [4.78, 5) is 9.99. The van der Waals surface area contributed by atoms with Gasteiger partial charge in [0.15, 0.2) is 5.96 Å². The zero-order valence-corrected chi connectivity index (χ0v) is 17.8. The molecule has 26 heavy (non-hydrogen) atoms. The SMILES string of the molecule is CN=C(NCCSc1ccccc1)NCc1ccnc2ccccc12.I. The molecule has 0 bridgehead atoms. The monoisotopic (exact) mass is 478 g/mol. The highest BCUT2D eigenvalue weighted by Crippen LogP contribution is 2.16. The average Bonchev–Trinajstić information content (AvgIpc) is 2.68. The average molecular weight is 478 g/mol. The summed E-state index contributed by atoms with van der Waals surface area (Å²) in [5.41, 5.74) is 2.23. The molecule has 0 aliphatic heterocycles. The van der Waals surface area contributed by atoms with Crippen molar-refractivity contribution in [3.8, 4) is 0 Å². The number of benzene rings is 2. The van der Waals surface area contributed by atoms with Crippen LogP contribution in [0.4, 0.5) is 0 Å². The van der Waals surface area contributed by atoms with Crippen LogP contribution in [0.25, 0.3) is 10.9 Å². The topological polar surface area (TPSA) is 49.3 Å². The number of aliphatic imine (C=N–C) groups is 1. The molecule has 0 saturated heterocycles. The lowest BCUT2D eigenvalue weighted by molar-refractivity contribution is 0.836. The van der Waals surface area contributed by atoms with E-state index in [2.05, 4.69) is 50.9 Å². The van der Waals surface area contributed by atoms with Crippen LogP contribution in [-0.4, -0.2) is 30.3 Å². The van der Waals surface area contributed by atoms with Crippen LogP contribution in [0, 0.1) is 0 Å². The van der Waals surface area contributed by atoms with Gasteiger partial charge in [0.2, 0.25) is 0 Å². The third-order valence-electron chi connectivity index (χ3n) is 3.82. The minimum atomic E-state index is 0. The van der Waals surface area contributed by atoms with E-state index in [1.54, 1.807) is 7.05 Å². The molecule has 0 fully saturated rings. The number of guanidine groups is 1. The molecule has 2 N–H and O–H groups in total. The highest BCUT2D eigenvalue weighted by Gasteiger charge is 2.03. The van der Waals surface area contributed by atoms with E-state index < -0.39 is 0 Å². The lowest BCUT2D eigenvalue weighted by atomic mass is 10.1. The van der Waals surface area contributed by atoms with Gasteiger partial charge in [0.05, 0.1) is 5.52 Å². The Morgan fingerprint density at radius 1 is 1.00 bits per heavy atom. The number of pyridine rings is 1. The maximum atomic E-state index is 4.40. The molecule has 0 radical (unpaired) electrons. The smallest absolute Gasteiger partial charge is 0.191 e. The number of hydrogen-bond donors (Lipinski definition) is 2. The third kappa shape index (κ3) is 5.88. The lowest BCUT2D eigenvalue weighted by Gasteiger charge is -2.13.